The molecule has 0 radical (unpaired) electrons. The second-order valence-electron chi connectivity index (χ2n) is 10.7. The highest BCUT2D eigenvalue weighted by Crippen LogP contribution is 2.44. The molecule has 212 valence electrons. The lowest BCUT2D eigenvalue weighted by Crippen LogP contribution is -2.60. The molecule has 0 spiro atoms. The van der Waals surface area contributed by atoms with E-state index in [2.05, 4.69) is 29.3 Å². The van der Waals surface area contributed by atoms with Crippen molar-refractivity contribution in [3.8, 4) is 11.1 Å². The number of likely N-dealkylation sites (tertiary alicyclic amines) is 1. The highest BCUT2D eigenvalue weighted by molar-refractivity contribution is 5.91. The van der Waals surface area contributed by atoms with Gasteiger partial charge in [0.1, 0.15) is 12.6 Å². The molecule has 2 aliphatic rings. The van der Waals surface area contributed by atoms with Crippen molar-refractivity contribution in [3.63, 3.8) is 0 Å². The maximum absolute atomic E-state index is 13.4. The van der Waals surface area contributed by atoms with Gasteiger partial charge in [0.25, 0.3) is 0 Å². The van der Waals surface area contributed by atoms with Crippen LogP contribution in [0, 0.1) is 0 Å². The first-order valence-electron chi connectivity index (χ1n) is 13.9. The molecule has 1 aliphatic carbocycles. The Morgan fingerprint density at radius 2 is 1.63 bits per heavy atom. The summed E-state index contributed by atoms with van der Waals surface area (Å²) in [5.41, 5.74) is 4.05. The molecule has 2 unspecified atom stereocenters. The van der Waals surface area contributed by atoms with E-state index in [0.29, 0.717) is 19.5 Å². The number of alkyl carbamates (subject to hydrolysis) is 1. The third-order valence-corrected chi connectivity index (χ3v) is 7.98. The quantitative estimate of drug-likeness (QED) is 0.297. The summed E-state index contributed by atoms with van der Waals surface area (Å²) >= 11 is 0. The van der Waals surface area contributed by atoms with Crippen LogP contribution in [0.25, 0.3) is 11.1 Å². The number of ether oxygens (including phenoxy) is 1. The summed E-state index contributed by atoms with van der Waals surface area (Å²) in [6.45, 7) is 5.12. The molecule has 1 aliphatic heterocycles. The number of hydrogen-bond donors (Lipinski definition) is 3. The number of carbonyl (C=O) groups excluding carboxylic acids is 2. The zero-order valence-corrected chi connectivity index (χ0v) is 22.9. The van der Waals surface area contributed by atoms with Crippen LogP contribution in [0.4, 0.5) is 4.79 Å². The third-order valence-electron chi connectivity index (χ3n) is 7.98. The third kappa shape index (κ3) is 6.18. The van der Waals surface area contributed by atoms with Gasteiger partial charge >= 0.3 is 12.1 Å². The molecule has 0 aromatic heterocycles. The summed E-state index contributed by atoms with van der Waals surface area (Å²) in [4.78, 5) is 40.8. The predicted molar refractivity (Wildman–Crippen MR) is 156 cm³/mol. The minimum Gasteiger partial charge on any atom is -0.479 e. The zero-order chi connectivity index (χ0) is 28.8. The van der Waals surface area contributed by atoms with Crippen LogP contribution in [0.2, 0.25) is 0 Å². The van der Waals surface area contributed by atoms with E-state index in [1.54, 1.807) is 6.08 Å². The topological polar surface area (TPSA) is 108 Å². The summed E-state index contributed by atoms with van der Waals surface area (Å²) in [7, 11) is 0. The molecule has 1 saturated heterocycles. The van der Waals surface area contributed by atoms with Gasteiger partial charge in [0.2, 0.25) is 5.91 Å². The van der Waals surface area contributed by atoms with Gasteiger partial charge in [-0.1, -0.05) is 84.9 Å². The van der Waals surface area contributed by atoms with E-state index >= 15 is 0 Å². The minimum atomic E-state index is -1.44. The van der Waals surface area contributed by atoms with E-state index in [4.69, 9.17) is 4.74 Å². The molecule has 3 N–H and O–H groups in total. The fraction of sp³-hybridized carbons (Fsp3) is 0.303. The Bertz CT molecular complexity index is 1380. The van der Waals surface area contributed by atoms with Gasteiger partial charge in [-0.3, -0.25) is 9.69 Å². The minimum absolute atomic E-state index is 0.113. The fourth-order valence-electron chi connectivity index (χ4n) is 5.85. The molecular weight excluding hydrogens is 518 g/mol. The maximum atomic E-state index is 13.4. The monoisotopic (exact) mass is 553 g/mol. The van der Waals surface area contributed by atoms with Gasteiger partial charge in [-0.05, 0) is 47.1 Å². The van der Waals surface area contributed by atoms with Crippen LogP contribution >= 0.6 is 0 Å². The number of rotatable bonds is 11. The number of nitrogens with zero attached hydrogens (tertiary/aromatic N) is 1. The number of fused-ring (bicyclic) bond motifs is 3. The summed E-state index contributed by atoms with van der Waals surface area (Å²) in [5.74, 6) is -1.76. The normalized spacial score (nSPS) is 18.6. The number of hydrogen-bond acceptors (Lipinski definition) is 5. The highest BCUT2D eigenvalue weighted by Gasteiger charge is 2.47. The van der Waals surface area contributed by atoms with Crippen molar-refractivity contribution in [2.24, 2.45) is 0 Å². The fourth-order valence-corrected chi connectivity index (χ4v) is 5.85. The molecule has 3 aromatic carbocycles. The van der Waals surface area contributed by atoms with Gasteiger partial charge in [-0.2, -0.15) is 0 Å². The SMILES string of the molecule is C=CCCC(NC(=O)OCC1c2ccccc2-c2ccccc21)C(=O)NC1(C(=O)O)CCN(Cc2ccccc2)C1. The Morgan fingerprint density at radius 1 is 1.00 bits per heavy atom. The molecule has 3 aromatic rings. The van der Waals surface area contributed by atoms with Crippen molar-refractivity contribution >= 4 is 18.0 Å². The Kier molecular flexibility index (Phi) is 8.50. The van der Waals surface area contributed by atoms with Crippen molar-refractivity contribution in [1.82, 2.24) is 15.5 Å². The van der Waals surface area contributed by atoms with E-state index in [1.807, 2.05) is 71.6 Å². The zero-order valence-electron chi connectivity index (χ0n) is 22.9. The Labute approximate surface area is 240 Å². The Balaban J connectivity index is 1.23. The molecule has 0 bridgehead atoms. The van der Waals surface area contributed by atoms with Crippen LogP contribution in [0.3, 0.4) is 0 Å². The lowest BCUT2D eigenvalue weighted by Gasteiger charge is -2.29. The Morgan fingerprint density at radius 3 is 2.27 bits per heavy atom. The first-order chi connectivity index (χ1) is 19.9. The number of amides is 2. The standard InChI is InChI=1S/C33H35N3O5/c1-2-3-17-29(30(37)35-33(31(38)39)18-19-36(22-33)20-23-11-5-4-6-12-23)34-32(40)41-21-28-26-15-9-7-13-24(26)25-14-8-10-16-27(25)28/h2,4-16,28-29H,1,3,17-22H2,(H,34,40)(H,35,37)(H,38,39). The molecule has 0 saturated carbocycles. The van der Waals surface area contributed by atoms with E-state index in [9.17, 15) is 19.5 Å². The average molecular weight is 554 g/mol. The van der Waals surface area contributed by atoms with Crippen LogP contribution in [0.5, 0.6) is 0 Å². The predicted octanol–water partition coefficient (Wildman–Crippen LogP) is 4.71. The van der Waals surface area contributed by atoms with Gasteiger partial charge < -0.3 is 20.5 Å². The van der Waals surface area contributed by atoms with Crippen LogP contribution in [-0.4, -0.2) is 59.3 Å². The van der Waals surface area contributed by atoms with Crippen LogP contribution in [0.1, 0.15) is 41.9 Å². The van der Waals surface area contributed by atoms with Crippen LogP contribution < -0.4 is 10.6 Å². The lowest BCUT2D eigenvalue weighted by molar-refractivity contribution is -0.147. The van der Waals surface area contributed by atoms with Gasteiger partial charge in [0, 0.05) is 25.6 Å². The number of allylic oxidation sites excluding steroid dienone is 1. The number of carboxylic acids is 1. The maximum Gasteiger partial charge on any atom is 0.407 e. The van der Waals surface area contributed by atoms with Crippen LogP contribution in [-0.2, 0) is 20.9 Å². The van der Waals surface area contributed by atoms with Gasteiger partial charge in [-0.25, -0.2) is 9.59 Å². The number of aliphatic carboxylic acids is 1. The molecule has 5 rings (SSSR count). The second kappa shape index (κ2) is 12.4. The molecule has 8 nitrogen and oxygen atoms in total. The van der Waals surface area contributed by atoms with Crippen molar-refractivity contribution in [1.29, 1.82) is 0 Å². The van der Waals surface area contributed by atoms with E-state index in [1.165, 1.54) is 0 Å². The smallest absolute Gasteiger partial charge is 0.407 e. The van der Waals surface area contributed by atoms with Crippen molar-refractivity contribution in [2.45, 2.75) is 43.3 Å². The second-order valence-corrected chi connectivity index (χ2v) is 10.7. The molecule has 8 heteroatoms. The van der Waals surface area contributed by atoms with Crippen molar-refractivity contribution < 1.29 is 24.2 Å². The van der Waals surface area contributed by atoms with Gasteiger partial charge in [-0.15, -0.1) is 6.58 Å². The molecule has 2 amide bonds. The van der Waals surface area contributed by atoms with Crippen LogP contribution in [0.15, 0.2) is 91.5 Å². The highest BCUT2D eigenvalue weighted by atomic mass is 16.5. The summed E-state index contributed by atoms with van der Waals surface area (Å²) < 4.78 is 5.65. The number of nitrogens with one attached hydrogen (secondary N) is 2. The number of benzene rings is 3. The summed E-state index contributed by atoms with van der Waals surface area (Å²) in [6.07, 6.45) is 1.92. The first kappa shape index (κ1) is 28.1. The van der Waals surface area contributed by atoms with E-state index < -0.39 is 29.6 Å². The largest absolute Gasteiger partial charge is 0.479 e. The van der Waals surface area contributed by atoms with Crippen molar-refractivity contribution in [2.75, 3.05) is 19.7 Å². The molecule has 1 fully saturated rings. The summed E-state index contributed by atoms with van der Waals surface area (Å²) in [5, 5.41) is 15.6. The molecule has 41 heavy (non-hydrogen) atoms. The van der Waals surface area contributed by atoms with E-state index in [0.717, 1.165) is 27.8 Å². The summed E-state index contributed by atoms with van der Waals surface area (Å²) in [6, 6.07) is 24.9. The first-order valence-corrected chi connectivity index (χ1v) is 13.9. The molecule has 2 atom stereocenters. The Hall–Kier alpha value is -4.43. The van der Waals surface area contributed by atoms with Crippen molar-refractivity contribution in [3.05, 3.63) is 108 Å². The molecular formula is C33H35N3O5. The van der Waals surface area contributed by atoms with Gasteiger partial charge in [0.05, 0.1) is 0 Å². The lowest BCUT2D eigenvalue weighted by atomic mass is 9.97. The molecule has 1 heterocycles. The average Bonchev–Trinajstić information content (AvgIpc) is 3.54. The number of carbonyl (C=O) groups is 3. The number of carboxylic acid groups (broad SMARTS) is 1. The van der Waals surface area contributed by atoms with E-state index in [-0.39, 0.29) is 31.9 Å². The van der Waals surface area contributed by atoms with Gasteiger partial charge in [0.15, 0.2) is 5.54 Å².